The summed E-state index contributed by atoms with van der Waals surface area (Å²) < 4.78 is 2.08. The third kappa shape index (κ3) is 3.10. The molecule has 0 fully saturated rings. The molecule has 0 bridgehead atoms. The van der Waals surface area contributed by atoms with Gasteiger partial charge in [0.2, 0.25) is 0 Å². The van der Waals surface area contributed by atoms with Crippen LogP contribution in [0, 0.1) is 0 Å². The summed E-state index contributed by atoms with van der Waals surface area (Å²) in [7, 11) is 1.83. The fraction of sp³-hybridized carbons (Fsp3) is 0.273. The van der Waals surface area contributed by atoms with Crippen LogP contribution in [0.5, 0.6) is 0 Å². The number of aromatic carboxylic acids is 1. The van der Waals surface area contributed by atoms with Gasteiger partial charge in [0.25, 0.3) is 5.91 Å². The third-order valence-corrected chi connectivity index (χ3v) is 5.35. The molecular formula is C22H22N2O3. The van der Waals surface area contributed by atoms with Crippen molar-refractivity contribution in [1.82, 2.24) is 9.47 Å². The number of aromatic nitrogens is 1. The molecule has 1 N–H and O–H groups in total. The number of hydrogen-bond acceptors (Lipinski definition) is 2. The van der Waals surface area contributed by atoms with Gasteiger partial charge < -0.3 is 14.6 Å². The number of carbonyl (C=O) groups is 2. The summed E-state index contributed by atoms with van der Waals surface area (Å²) >= 11 is 0. The predicted octanol–water partition coefficient (Wildman–Crippen LogP) is 3.60. The number of amides is 1. The monoisotopic (exact) mass is 362 g/mol. The number of hydrogen-bond donors (Lipinski definition) is 1. The molecule has 3 aromatic rings. The Bertz CT molecular complexity index is 1020. The average Bonchev–Trinajstić information content (AvgIpc) is 2.90. The van der Waals surface area contributed by atoms with E-state index >= 15 is 0 Å². The first-order chi connectivity index (χ1) is 13.1. The van der Waals surface area contributed by atoms with E-state index in [1.165, 1.54) is 5.56 Å². The van der Waals surface area contributed by atoms with Crippen molar-refractivity contribution in [2.45, 2.75) is 25.8 Å². The standard InChI is InChI=1S/C22H22N2O3/c1-23-12-5-8-17-18-14-16(22(26)27)9-10-19(18)24(20(17)21(23)25)13-11-15-6-3-2-4-7-15/h2-4,6-7,9-10,14H,5,8,11-13H2,1H3,(H,26,27). The Morgan fingerprint density at radius 2 is 1.93 bits per heavy atom. The van der Waals surface area contributed by atoms with E-state index in [-0.39, 0.29) is 11.5 Å². The first-order valence-corrected chi connectivity index (χ1v) is 9.24. The van der Waals surface area contributed by atoms with Crippen LogP contribution in [0.4, 0.5) is 0 Å². The second-order valence-corrected chi connectivity index (χ2v) is 7.08. The molecule has 2 heterocycles. The molecule has 1 aliphatic heterocycles. The lowest BCUT2D eigenvalue weighted by molar-refractivity contribution is 0.0696. The maximum absolute atomic E-state index is 13.0. The molecule has 0 radical (unpaired) electrons. The van der Waals surface area contributed by atoms with Crippen molar-refractivity contribution in [3.8, 4) is 0 Å². The zero-order chi connectivity index (χ0) is 19.0. The molecule has 0 aliphatic carbocycles. The lowest BCUT2D eigenvalue weighted by atomic mass is 10.0. The first kappa shape index (κ1) is 17.3. The van der Waals surface area contributed by atoms with Crippen molar-refractivity contribution in [2.75, 3.05) is 13.6 Å². The van der Waals surface area contributed by atoms with Gasteiger partial charge in [0.1, 0.15) is 5.69 Å². The molecule has 0 unspecified atom stereocenters. The number of aryl methyl sites for hydroxylation is 3. The number of fused-ring (bicyclic) bond motifs is 3. The molecule has 0 atom stereocenters. The van der Waals surface area contributed by atoms with Gasteiger partial charge in [-0.3, -0.25) is 4.79 Å². The van der Waals surface area contributed by atoms with Crippen molar-refractivity contribution in [3.63, 3.8) is 0 Å². The van der Waals surface area contributed by atoms with Crippen LogP contribution in [-0.4, -0.2) is 40.0 Å². The number of carboxylic acid groups (broad SMARTS) is 1. The highest BCUT2D eigenvalue weighted by Gasteiger charge is 2.27. The van der Waals surface area contributed by atoms with E-state index in [2.05, 4.69) is 16.7 Å². The normalized spacial score (nSPS) is 14.3. The Balaban J connectivity index is 1.86. The molecule has 4 rings (SSSR count). The molecule has 27 heavy (non-hydrogen) atoms. The van der Waals surface area contributed by atoms with Gasteiger partial charge in [0, 0.05) is 31.0 Å². The number of carboxylic acids is 1. The molecule has 1 amide bonds. The van der Waals surface area contributed by atoms with E-state index in [1.807, 2.05) is 31.3 Å². The van der Waals surface area contributed by atoms with Crippen molar-refractivity contribution in [1.29, 1.82) is 0 Å². The Morgan fingerprint density at radius 3 is 2.67 bits per heavy atom. The Kier molecular flexibility index (Phi) is 4.44. The van der Waals surface area contributed by atoms with Crippen LogP contribution in [-0.2, 0) is 19.4 Å². The van der Waals surface area contributed by atoms with Gasteiger partial charge in [0.15, 0.2) is 0 Å². The molecule has 5 nitrogen and oxygen atoms in total. The topological polar surface area (TPSA) is 62.5 Å². The van der Waals surface area contributed by atoms with E-state index in [1.54, 1.807) is 17.0 Å². The summed E-state index contributed by atoms with van der Waals surface area (Å²) in [5, 5.41) is 10.3. The quantitative estimate of drug-likeness (QED) is 0.771. The number of carbonyl (C=O) groups excluding carboxylic acids is 1. The van der Waals surface area contributed by atoms with Crippen LogP contribution < -0.4 is 0 Å². The maximum Gasteiger partial charge on any atom is 0.335 e. The highest BCUT2D eigenvalue weighted by Crippen LogP contribution is 2.31. The fourth-order valence-electron chi connectivity index (χ4n) is 3.95. The zero-order valence-corrected chi connectivity index (χ0v) is 15.3. The van der Waals surface area contributed by atoms with E-state index in [0.29, 0.717) is 18.8 Å². The highest BCUT2D eigenvalue weighted by molar-refractivity contribution is 6.04. The van der Waals surface area contributed by atoms with E-state index in [0.717, 1.165) is 35.7 Å². The van der Waals surface area contributed by atoms with Gasteiger partial charge in [-0.05, 0) is 48.6 Å². The van der Waals surface area contributed by atoms with Crippen molar-refractivity contribution in [3.05, 3.63) is 70.9 Å². The molecule has 138 valence electrons. The van der Waals surface area contributed by atoms with Gasteiger partial charge >= 0.3 is 5.97 Å². The van der Waals surface area contributed by atoms with Crippen LogP contribution in [0.2, 0.25) is 0 Å². The predicted molar refractivity (Wildman–Crippen MR) is 104 cm³/mol. The van der Waals surface area contributed by atoms with Gasteiger partial charge in [-0.1, -0.05) is 30.3 Å². The molecular weight excluding hydrogens is 340 g/mol. The third-order valence-electron chi connectivity index (χ3n) is 5.35. The summed E-state index contributed by atoms with van der Waals surface area (Å²) in [6.07, 6.45) is 2.47. The minimum Gasteiger partial charge on any atom is -0.478 e. The summed E-state index contributed by atoms with van der Waals surface area (Å²) in [4.78, 5) is 26.2. The van der Waals surface area contributed by atoms with Gasteiger partial charge in [0.05, 0.1) is 5.56 Å². The molecule has 0 saturated carbocycles. The van der Waals surface area contributed by atoms with E-state index in [9.17, 15) is 14.7 Å². The van der Waals surface area contributed by atoms with Gasteiger partial charge in [-0.25, -0.2) is 4.79 Å². The summed E-state index contributed by atoms with van der Waals surface area (Å²) in [6, 6.07) is 15.4. The summed E-state index contributed by atoms with van der Waals surface area (Å²) in [5.41, 5.74) is 4.10. The molecule has 1 aliphatic rings. The zero-order valence-electron chi connectivity index (χ0n) is 15.3. The lowest BCUT2D eigenvalue weighted by Gasteiger charge is -2.17. The van der Waals surface area contributed by atoms with E-state index in [4.69, 9.17) is 0 Å². The van der Waals surface area contributed by atoms with Gasteiger partial charge in [-0.15, -0.1) is 0 Å². The Hall–Kier alpha value is -3.08. The molecule has 2 aromatic carbocycles. The van der Waals surface area contributed by atoms with Crippen molar-refractivity contribution >= 4 is 22.8 Å². The minimum atomic E-state index is -0.945. The largest absolute Gasteiger partial charge is 0.478 e. The molecule has 5 heteroatoms. The lowest BCUT2D eigenvalue weighted by Crippen LogP contribution is -2.28. The van der Waals surface area contributed by atoms with Crippen molar-refractivity contribution < 1.29 is 14.7 Å². The maximum atomic E-state index is 13.0. The summed E-state index contributed by atoms with van der Waals surface area (Å²) in [6.45, 7) is 1.40. The van der Waals surface area contributed by atoms with Crippen molar-refractivity contribution in [2.24, 2.45) is 0 Å². The van der Waals surface area contributed by atoms with Crippen LogP contribution in [0.25, 0.3) is 10.9 Å². The SMILES string of the molecule is CN1CCCc2c(n(CCc3ccccc3)c3ccc(C(=O)O)cc23)C1=O. The minimum absolute atomic E-state index is 0.0173. The number of nitrogens with zero attached hydrogens (tertiary/aromatic N) is 2. The second-order valence-electron chi connectivity index (χ2n) is 7.08. The van der Waals surface area contributed by atoms with Gasteiger partial charge in [-0.2, -0.15) is 0 Å². The van der Waals surface area contributed by atoms with Crippen LogP contribution in [0.1, 0.15) is 38.4 Å². The van der Waals surface area contributed by atoms with Crippen LogP contribution >= 0.6 is 0 Å². The Labute approximate surface area is 157 Å². The molecule has 1 aromatic heterocycles. The summed E-state index contributed by atoms with van der Waals surface area (Å²) in [5.74, 6) is -0.927. The highest BCUT2D eigenvalue weighted by atomic mass is 16.4. The first-order valence-electron chi connectivity index (χ1n) is 9.24. The van der Waals surface area contributed by atoms with E-state index < -0.39 is 5.97 Å². The van der Waals surface area contributed by atoms with Crippen LogP contribution in [0.3, 0.4) is 0 Å². The average molecular weight is 362 g/mol. The molecule has 0 saturated heterocycles. The smallest absolute Gasteiger partial charge is 0.335 e. The Morgan fingerprint density at radius 1 is 1.15 bits per heavy atom. The second kappa shape index (κ2) is 6.91. The fourth-order valence-corrected chi connectivity index (χ4v) is 3.95. The number of rotatable bonds is 4. The molecule has 0 spiro atoms. The number of benzene rings is 2. The van der Waals surface area contributed by atoms with Crippen LogP contribution in [0.15, 0.2) is 48.5 Å².